The summed E-state index contributed by atoms with van der Waals surface area (Å²) in [5.74, 6) is 0.0787. The molecule has 1 aromatic carbocycles. The van der Waals surface area contributed by atoms with Crippen molar-refractivity contribution in [3.05, 3.63) is 57.0 Å². The van der Waals surface area contributed by atoms with Crippen molar-refractivity contribution in [2.45, 2.75) is 32.4 Å². The minimum absolute atomic E-state index is 0.0787. The van der Waals surface area contributed by atoms with Crippen LogP contribution in [0.5, 0.6) is 5.75 Å². The molecule has 0 saturated heterocycles. The first kappa shape index (κ1) is 15.3. The molecular formula is C17H14F2N2O2S. The molecule has 7 heteroatoms. The number of thiophene rings is 1. The number of ether oxygens (including phenoxy) is 1. The lowest BCUT2D eigenvalue weighted by Gasteiger charge is -2.11. The van der Waals surface area contributed by atoms with Crippen LogP contribution in [0, 0.1) is 0 Å². The summed E-state index contributed by atoms with van der Waals surface area (Å²) in [6, 6.07) is 6.50. The molecule has 0 radical (unpaired) electrons. The highest BCUT2D eigenvalue weighted by Crippen LogP contribution is 2.34. The van der Waals surface area contributed by atoms with Gasteiger partial charge in [0, 0.05) is 10.4 Å². The van der Waals surface area contributed by atoms with Gasteiger partial charge < -0.3 is 4.74 Å². The van der Waals surface area contributed by atoms with E-state index >= 15 is 0 Å². The summed E-state index contributed by atoms with van der Waals surface area (Å²) >= 11 is 1.58. The molecule has 24 heavy (non-hydrogen) atoms. The Bertz CT molecular complexity index is 965. The number of nitrogens with zero attached hydrogens (tertiary/aromatic N) is 2. The van der Waals surface area contributed by atoms with E-state index < -0.39 is 6.61 Å². The Morgan fingerprint density at radius 2 is 2.12 bits per heavy atom. The predicted octanol–water partition coefficient (Wildman–Crippen LogP) is 3.60. The molecule has 0 fully saturated rings. The molecular weight excluding hydrogens is 334 g/mol. The molecule has 0 spiro atoms. The van der Waals surface area contributed by atoms with Gasteiger partial charge in [-0.15, -0.1) is 11.3 Å². The summed E-state index contributed by atoms with van der Waals surface area (Å²) in [5.41, 5.74) is 1.51. The van der Waals surface area contributed by atoms with E-state index in [2.05, 4.69) is 9.72 Å². The molecule has 0 amide bonds. The minimum Gasteiger partial charge on any atom is -0.434 e. The zero-order valence-corrected chi connectivity index (χ0v) is 13.5. The molecule has 4 rings (SSSR count). The van der Waals surface area contributed by atoms with Crippen LogP contribution in [0.3, 0.4) is 0 Å². The van der Waals surface area contributed by atoms with Crippen LogP contribution in [0.25, 0.3) is 10.2 Å². The van der Waals surface area contributed by atoms with Gasteiger partial charge in [-0.3, -0.25) is 9.36 Å². The maximum absolute atomic E-state index is 12.8. The van der Waals surface area contributed by atoms with Gasteiger partial charge in [-0.2, -0.15) is 8.78 Å². The molecule has 1 aliphatic rings. The molecule has 2 aromatic heterocycles. The van der Waals surface area contributed by atoms with Gasteiger partial charge in [-0.25, -0.2) is 4.98 Å². The minimum atomic E-state index is -2.90. The van der Waals surface area contributed by atoms with E-state index in [-0.39, 0.29) is 17.9 Å². The molecule has 0 atom stereocenters. The van der Waals surface area contributed by atoms with Crippen molar-refractivity contribution in [1.82, 2.24) is 9.55 Å². The van der Waals surface area contributed by atoms with Crippen LogP contribution < -0.4 is 10.3 Å². The van der Waals surface area contributed by atoms with Crippen LogP contribution in [0.4, 0.5) is 8.78 Å². The lowest BCUT2D eigenvalue weighted by atomic mass is 10.2. The molecule has 3 aromatic rings. The number of aromatic nitrogens is 2. The van der Waals surface area contributed by atoms with Crippen molar-refractivity contribution in [3.63, 3.8) is 0 Å². The molecule has 0 saturated carbocycles. The van der Waals surface area contributed by atoms with Gasteiger partial charge >= 0.3 is 6.61 Å². The first-order valence-corrected chi connectivity index (χ1v) is 8.47. The van der Waals surface area contributed by atoms with Gasteiger partial charge in [-0.05, 0) is 30.9 Å². The third-order valence-electron chi connectivity index (χ3n) is 4.22. The van der Waals surface area contributed by atoms with Crippen molar-refractivity contribution in [2.24, 2.45) is 0 Å². The van der Waals surface area contributed by atoms with E-state index in [0.717, 1.165) is 29.7 Å². The molecule has 0 aliphatic heterocycles. The Hall–Kier alpha value is -2.28. The van der Waals surface area contributed by atoms with Gasteiger partial charge in [0.05, 0.1) is 18.3 Å². The van der Waals surface area contributed by atoms with Crippen molar-refractivity contribution < 1.29 is 13.5 Å². The highest BCUT2D eigenvalue weighted by Gasteiger charge is 2.21. The Morgan fingerprint density at radius 3 is 2.96 bits per heavy atom. The van der Waals surface area contributed by atoms with E-state index in [1.807, 2.05) is 0 Å². The highest BCUT2D eigenvalue weighted by molar-refractivity contribution is 7.18. The van der Waals surface area contributed by atoms with E-state index in [1.165, 1.54) is 21.8 Å². The fourth-order valence-corrected chi connectivity index (χ4v) is 4.38. The number of fused-ring (bicyclic) bond motifs is 3. The van der Waals surface area contributed by atoms with Gasteiger partial charge in [-0.1, -0.05) is 18.2 Å². The Balaban J connectivity index is 1.76. The molecule has 0 unspecified atom stereocenters. The normalized spacial score (nSPS) is 13.6. The summed E-state index contributed by atoms with van der Waals surface area (Å²) in [4.78, 5) is 19.2. The molecule has 124 valence electrons. The summed E-state index contributed by atoms with van der Waals surface area (Å²) < 4.78 is 31.1. The van der Waals surface area contributed by atoms with Crippen molar-refractivity contribution in [2.75, 3.05) is 0 Å². The maximum Gasteiger partial charge on any atom is 0.387 e. The van der Waals surface area contributed by atoms with Crippen LogP contribution >= 0.6 is 11.3 Å². The van der Waals surface area contributed by atoms with E-state index in [4.69, 9.17) is 0 Å². The monoisotopic (exact) mass is 348 g/mol. The number of hydrogen-bond acceptors (Lipinski definition) is 4. The fraction of sp³-hybridized carbons (Fsp3) is 0.294. The largest absolute Gasteiger partial charge is 0.434 e. The molecule has 0 bridgehead atoms. The number of benzene rings is 1. The molecule has 2 heterocycles. The van der Waals surface area contributed by atoms with Crippen LogP contribution in [0.15, 0.2) is 35.4 Å². The molecule has 4 nitrogen and oxygen atoms in total. The van der Waals surface area contributed by atoms with Crippen LogP contribution in [-0.2, 0) is 19.4 Å². The quantitative estimate of drug-likeness (QED) is 0.724. The second-order valence-electron chi connectivity index (χ2n) is 5.70. The number of aryl methyl sites for hydroxylation is 2. The number of rotatable bonds is 4. The van der Waals surface area contributed by atoms with E-state index in [1.54, 1.807) is 29.5 Å². The Kier molecular flexibility index (Phi) is 3.80. The number of para-hydroxylation sites is 1. The topological polar surface area (TPSA) is 44.1 Å². The van der Waals surface area contributed by atoms with Gasteiger partial charge in [0.25, 0.3) is 5.56 Å². The SMILES string of the molecule is O=c1c2c3c(sc2ncn1Cc1ccccc1OC(F)F)CCC3. The van der Waals surface area contributed by atoms with Crippen molar-refractivity contribution in [1.29, 1.82) is 0 Å². The first-order chi connectivity index (χ1) is 11.6. The number of hydrogen-bond donors (Lipinski definition) is 0. The lowest BCUT2D eigenvalue weighted by Crippen LogP contribution is -2.21. The zero-order valence-electron chi connectivity index (χ0n) is 12.7. The van der Waals surface area contributed by atoms with E-state index in [0.29, 0.717) is 10.9 Å². The van der Waals surface area contributed by atoms with Crippen LogP contribution in [0.1, 0.15) is 22.4 Å². The highest BCUT2D eigenvalue weighted by atomic mass is 32.1. The average molecular weight is 348 g/mol. The third-order valence-corrected chi connectivity index (χ3v) is 5.42. The summed E-state index contributed by atoms with van der Waals surface area (Å²) in [5, 5.41) is 0.683. The predicted molar refractivity (Wildman–Crippen MR) is 88.1 cm³/mol. The molecule has 1 aliphatic carbocycles. The molecule has 0 N–H and O–H groups in total. The lowest BCUT2D eigenvalue weighted by molar-refractivity contribution is -0.0504. The van der Waals surface area contributed by atoms with Gasteiger partial charge in [0.1, 0.15) is 10.6 Å². The zero-order chi connectivity index (χ0) is 16.7. The van der Waals surface area contributed by atoms with E-state index in [9.17, 15) is 13.6 Å². The second-order valence-corrected chi connectivity index (χ2v) is 6.78. The van der Waals surface area contributed by atoms with Crippen LogP contribution in [-0.4, -0.2) is 16.2 Å². The third kappa shape index (κ3) is 2.58. The maximum atomic E-state index is 12.8. The number of alkyl halides is 2. The summed E-state index contributed by atoms with van der Waals surface area (Å²) in [6.45, 7) is -2.75. The standard InChI is InChI=1S/C17H14F2N2O2S/c18-17(19)23-12-6-2-1-4-10(12)8-21-9-20-15-14(16(21)22)11-5-3-7-13(11)24-15/h1-2,4,6,9,17H,3,5,7-8H2. The summed E-state index contributed by atoms with van der Waals surface area (Å²) in [7, 11) is 0. The van der Waals surface area contributed by atoms with Crippen molar-refractivity contribution >= 4 is 21.6 Å². The smallest absolute Gasteiger partial charge is 0.387 e. The van der Waals surface area contributed by atoms with Crippen molar-refractivity contribution in [3.8, 4) is 5.75 Å². The first-order valence-electron chi connectivity index (χ1n) is 7.66. The van der Waals surface area contributed by atoms with Gasteiger partial charge in [0.2, 0.25) is 0 Å². The van der Waals surface area contributed by atoms with Crippen LogP contribution in [0.2, 0.25) is 0 Å². The average Bonchev–Trinajstić information content (AvgIpc) is 3.12. The Morgan fingerprint density at radius 1 is 1.29 bits per heavy atom. The summed E-state index contributed by atoms with van der Waals surface area (Å²) in [6.07, 6.45) is 4.45. The second kappa shape index (κ2) is 5.98. The van der Waals surface area contributed by atoms with Gasteiger partial charge in [0.15, 0.2) is 0 Å². The fourth-order valence-electron chi connectivity index (χ4n) is 3.16. The Labute approximate surface area is 140 Å². The number of halogens is 2.